The number of nitrogens with two attached hydrogens (primary N) is 1. The molecule has 0 amide bonds. The Morgan fingerprint density at radius 2 is 2.32 bits per heavy atom. The lowest BCUT2D eigenvalue weighted by atomic mass is 10.0. The number of nitrogens with zero attached hydrogens (tertiary/aromatic N) is 3. The number of hydrogen-bond acceptors (Lipinski definition) is 8. The number of nitrogens with one attached hydrogen (secondary N) is 1. The van der Waals surface area contributed by atoms with Gasteiger partial charge in [-0.3, -0.25) is 18.9 Å². The Morgan fingerprint density at radius 1 is 1.60 bits per heavy atom. The number of aromatic amines is 1. The van der Waals surface area contributed by atoms with Crippen LogP contribution in [0.3, 0.4) is 0 Å². The number of ether oxygens (including phenoxy) is 1. The monoisotopic (exact) mass is 375 g/mol. The highest BCUT2D eigenvalue weighted by Gasteiger charge is 2.47. The average molecular weight is 375 g/mol. The van der Waals surface area contributed by atoms with Crippen molar-refractivity contribution in [3.05, 3.63) is 16.7 Å². The summed E-state index contributed by atoms with van der Waals surface area (Å²) >= 11 is 0. The van der Waals surface area contributed by atoms with Crippen LogP contribution in [0.5, 0.6) is 0 Å². The molecule has 0 aliphatic carbocycles. The van der Waals surface area contributed by atoms with Gasteiger partial charge in [-0.15, -0.1) is 0 Å². The van der Waals surface area contributed by atoms with Crippen LogP contribution in [0.4, 0.5) is 5.95 Å². The maximum atomic E-state index is 11.9. The zero-order valence-electron chi connectivity index (χ0n) is 13.2. The first kappa shape index (κ1) is 18.0. The molecule has 1 aliphatic rings. The maximum Gasteiger partial charge on any atom is 0.469 e. The highest BCUT2D eigenvalue weighted by molar-refractivity contribution is 7.46. The summed E-state index contributed by atoms with van der Waals surface area (Å²) in [4.78, 5) is 40.0. The number of aliphatic hydroxyl groups excluding tert-OH is 1. The van der Waals surface area contributed by atoms with Crippen molar-refractivity contribution in [2.24, 2.45) is 0 Å². The minimum atomic E-state index is -4.69. The molecule has 3 rings (SSSR count). The molecule has 1 saturated heterocycles. The van der Waals surface area contributed by atoms with Gasteiger partial charge in [0.05, 0.1) is 19.0 Å². The van der Waals surface area contributed by atoms with E-state index in [1.54, 1.807) is 6.92 Å². The van der Waals surface area contributed by atoms with Crippen molar-refractivity contribution >= 4 is 24.9 Å². The summed E-state index contributed by atoms with van der Waals surface area (Å²) in [5.41, 5.74) is 4.22. The van der Waals surface area contributed by atoms with Crippen LogP contribution in [0.15, 0.2) is 11.1 Å². The van der Waals surface area contributed by atoms with E-state index in [1.807, 2.05) is 0 Å². The molecule has 13 heteroatoms. The normalized spacial score (nSPS) is 27.2. The van der Waals surface area contributed by atoms with Crippen molar-refractivity contribution in [2.75, 3.05) is 12.3 Å². The second-order valence-corrected chi connectivity index (χ2v) is 6.99. The molecule has 2 aromatic heterocycles. The van der Waals surface area contributed by atoms with Gasteiger partial charge in [0.2, 0.25) is 5.95 Å². The van der Waals surface area contributed by atoms with Crippen LogP contribution >= 0.6 is 7.82 Å². The van der Waals surface area contributed by atoms with Gasteiger partial charge in [-0.05, 0) is 6.42 Å². The first-order valence-corrected chi connectivity index (χ1v) is 8.97. The minimum absolute atomic E-state index is 0.0648. The van der Waals surface area contributed by atoms with E-state index >= 15 is 0 Å². The SMILES string of the molecule is CC[C@]1(n2cnc3c(=O)[nH]c(N)nc32)C[C@H](O)[C@@H](COP(=O)(O)O)O1. The van der Waals surface area contributed by atoms with Crippen LogP contribution < -0.4 is 11.3 Å². The molecule has 2 aromatic rings. The Labute approximate surface area is 140 Å². The number of aromatic nitrogens is 4. The fourth-order valence-corrected chi connectivity index (χ4v) is 3.30. The summed E-state index contributed by atoms with van der Waals surface area (Å²) in [6.07, 6.45) is -0.184. The highest BCUT2D eigenvalue weighted by Crippen LogP contribution is 2.42. The Morgan fingerprint density at radius 3 is 2.96 bits per heavy atom. The number of fused-ring (bicyclic) bond motifs is 1. The zero-order valence-corrected chi connectivity index (χ0v) is 14.1. The predicted molar refractivity (Wildman–Crippen MR) is 84.3 cm³/mol. The summed E-state index contributed by atoms with van der Waals surface area (Å²) in [5, 5.41) is 10.2. The second kappa shape index (κ2) is 6.16. The summed E-state index contributed by atoms with van der Waals surface area (Å²) < 4.78 is 22.6. The number of H-pyrrole nitrogens is 1. The van der Waals surface area contributed by atoms with Crippen molar-refractivity contribution in [3.63, 3.8) is 0 Å². The summed E-state index contributed by atoms with van der Waals surface area (Å²) in [5.74, 6) is -0.0922. The van der Waals surface area contributed by atoms with Crippen molar-refractivity contribution in [2.45, 2.75) is 37.7 Å². The smallest absolute Gasteiger partial charge is 0.390 e. The number of imidazole rings is 1. The molecule has 0 radical (unpaired) electrons. The third-order valence-corrected chi connectivity index (χ3v) is 4.64. The molecule has 138 valence electrons. The molecule has 6 N–H and O–H groups in total. The molecule has 0 unspecified atom stereocenters. The molecular weight excluding hydrogens is 357 g/mol. The van der Waals surface area contributed by atoms with E-state index in [2.05, 4.69) is 19.5 Å². The lowest BCUT2D eigenvalue weighted by Crippen LogP contribution is -2.34. The largest absolute Gasteiger partial charge is 0.469 e. The third kappa shape index (κ3) is 3.32. The first-order valence-electron chi connectivity index (χ1n) is 7.44. The molecule has 3 atom stereocenters. The Balaban J connectivity index is 1.97. The van der Waals surface area contributed by atoms with Gasteiger partial charge in [0, 0.05) is 6.42 Å². The van der Waals surface area contributed by atoms with Crippen LogP contribution in [0.1, 0.15) is 19.8 Å². The predicted octanol–water partition coefficient (Wildman–Crippen LogP) is -0.976. The standard InChI is InChI=1S/C12H18N5O7P/c1-2-12(3-6(18)7(24-12)4-23-25(20,21)22)17-5-14-8-9(17)15-11(13)16-10(8)19/h5-7,18H,2-4H2,1H3,(H2,20,21,22)(H3,13,15,16,19)/t6-,7+,12+/m0/s1. The number of anilines is 1. The summed E-state index contributed by atoms with van der Waals surface area (Å²) in [7, 11) is -4.69. The van der Waals surface area contributed by atoms with Gasteiger partial charge in [0.15, 0.2) is 11.2 Å². The van der Waals surface area contributed by atoms with Crippen LogP contribution in [-0.4, -0.2) is 53.2 Å². The molecule has 0 aromatic carbocycles. The molecule has 25 heavy (non-hydrogen) atoms. The van der Waals surface area contributed by atoms with Gasteiger partial charge in [-0.25, -0.2) is 9.55 Å². The van der Waals surface area contributed by atoms with Gasteiger partial charge >= 0.3 is 7.82 Å². The van der Waals surface area contributed by atoms with Crippen LogP contribution in [-0.2, 0) is 19.6 Å². The fraction of sp³-hybridized carbons (Fsp3) is 0.583. The number of rotatable bonds is 5. The van der Waals surface area contributed by atoms with Crippen molar-refractivity contribution in [3.8, 4) is 0 Å². The van der Waals surface area contributed by atoms with Gasteiger partial charge in [-0.2, -0.15) is 4.98 Å². The van der Waals surface area contributed by atoms with Gasteiger partial charge < -0.3 is 25.4 Å². The topological polar surface area (TPSA) is 186 Å². The van der Waals surface area contributed by atoms with Crippen LogP contribution in [0, 0.1) is 0 Å². The Hall–Kier alpha value is -1.82. The van der Waals surface area contributed by atoms with E-state index in [-0.39, 0.29) is 23.5 Å². The summed E-state index contributed by atoms with van der Waals surface area (Å²) in [6, 6.07) is 0. The fourth-order valence-electron chi connectivity index (χ4n) is 2.96. The minimum Gasteiger partial charge on any atom is -0.390 e. The first-order chi connectivity index (χ1) is 11.6. The van der Waals surface area contributed by atoms with Crippen molar-refractivity contribution < 1.29 is 28.7 Å². The quantitative estimate of drug-likeness (QED) is 0.407. The molecule has 12 nitrogen and oxygen atoms in total. The van der Waals surface area contributed by atoms with E-state index in [0.717, 1.165) is 0 Å². The molecule has 0 spiro atoms. The number of phosphoric ester groups is 1. The summed E-state index contributed by atoms with van der Waals surface area (Å²) in [6.45, 7) is 1.30. The average Bonchev–Trinajstić information content (AvgIpc) is 3.06. The van der Waals surface area contributed by atoms with Crippen molar-refractivity contribution in [1.29, 1.82) is 0 Å². The number of hydrogen-bond donors (Lipinski definition) is 5. The van der Waals surface area contributed by atoms with Gasteiger partial charge in [0.25, 0.3) is 5.56 Å². The van der Waals surface area contributed by atoms with Crippen LogP contribution in [0.2, 0.25) is 0 Å². The van der Waals surface area contributed by atoms with E-state index in [9.17, 15) is 14.5 Å². The molecule has 1 aliphatic heterocycles. The second-order valence-electron chi connectivity index (χ2n) is 5.75. The third-order valence-electron chi connectivity index (χ3n) is 4.15. The number of phosphoric acid groups is 1. The Kier molecular flexibility index (Phi) is 4.43. The number of nitrogen functional groups attached to an aromatic ring is 1. The molecule has 3 heterocycles. The van der Waals surface area contributed by atoms with Gasteiger partial charge in [0.1, 0.15) is 11.8 Å². The van der Waals surface area contributed by atoms with E-state index < -0.39 is 37.9 Å². The molecule has 0 bridgehead atoms. The van der Waals surface area contributed by atoms with E-state index in [1.165, 1.54) is 10.9 Å². The van der Waals surface area contributed by atoms with E-state index in [4.69, 9.17) is 20.3 Å². The molecule has 0 saturated carbocycles. The van der Waals surface area contributed by atoms with E-state index in [0.29, 0.717) is 6.42 Å². The Bertz CT molecular complexity index is 892. The molecular formula is C12H18N5O7P. The highest BCUT2D eigenvalue weighted by atomic mass is 31.2. The van der Waals surface area contributed by atoms with Crippen molar-refractivity contribution in [1.82, 2.24) is 19.5 Å². The van der Waals surface area contributed by atoms with Gasteiger partial charge in [-0.1, -0.05) is 6.92 Å². The molecule has 1 fully saturated rings. The maximum absolute atomic E-state index is 11.9. The number of aliphatic hydroxyl groups is 1. The zero-order chi connectivity index (χ0) is 18.4. The lowest BCUT2D eigenvalue weighted by Gasteiger charge is -2.29. The lowest BCUT2D eigenvalue weighted by molar-refractivity contribution is -0.116. The van der Waals surface area contributed by atoms with Crippen LogP contribution in [0.25, 0.3) is 11.2 Å².